The van der Waals surface area contributed by atoms with Gasteiger partial charge in [-0.3, -0.25) is 9.59 Å². The lowest BCUT2D eigenvalue weighted by atomic mass is 9.77. The van der Waals surface area contributed by atoms with Crippen LogP contribution in [0.1, 0.15) is 51.4 Å². The van der Waals surface area contributed by atoms with Crippen molar-refractivity contribution in [1.29, 1.82) is 0 Å². The second-order valence-electron chi connectivity index (χ2n) is 6.30. The van der Waals surface area contributed by atoms with E-state index in [9.17, 15) is 14.7 Å². The molecule has 0 spiro atoms. The summed E-state index contributed by atoms with van der Waals surface area (Å²) in [5, 5.41) is 12.5. The lowest BCUT2D eigenvalue weighted by Crippen LogP contribution is -2.55. The minimum Gasteiger partial charge on any atom is -0.481 e. The molecule has 1 unspecified atom stereocenters. The number of carboxylic acid groups (broad SMARTS) is 1. The van der Waals surface area contributed by atoms with Gasteiger partial charge in [-0.05, 0) is 32.2 Å². The molecule has 1 saturated carbocycles. The van der Waals surface area contributed by atoms with E-state index in [-0.39, 0.29) is 18.2 Å². The van der Waals surface area contributed by atoms with Crippen LogP contribution in [0, 0.1) is 5.92 Å². The van der Waals surface area contributed by atoms with Gasteiger partial charge in [-0.1, -0.05) is 19.3 Å². The van der Waals surface area contributed by atoms with Gasteiger partial charge in [0.25, 0.3) is 0 Å². The summed E-state index contributed by atoms with van der Waals surface area (Å²) in [6.07, 6.45) is 6.85. The van der Waals surface area contributed by atoms with Crippen molar-refractivity contribution in [3.63, 3.8) is 0 Å². The Morgan fingerprint density at radius 3 is 2.50 bits per heavy atom. The quantitative estimate of drug-likeness (QED) is 0.822. The lowest BCUT2D eigenvalue weighted by molar-refractivity contribution is -0.148. The number of nitrogens with one attached hydrogen (secondary N) is 1. The van der Waals surface area contributed by atoms with E-state index in [0.29, 0.717) is 0 Å². The molecule has 1 amide bonds. The highest BCUT2D eigenvalue weighted by molar-refractivity contribution is 5.81. The van der Waals surface area contributed by atoms with Crippen LogP contribution < -0.4 is 5.32 Å². The van der Waals surface area contributed by atoms with Gasteiger partial charge in [0, 0.05) is 13.6 Å². The van der Waals surface area contributed by atoms with Crippen LogP contribution >= 0.6 is 0 Å². The maximum absolute atomic E-state index is 12.7. The Kier molecular flexibility index (Phi) is 5.02. The van der Waals surface area contributed by atoms with E-state index < -0.39 is 11.5 Å². The Morgan fingerprint density at radius 1 is 1.25 bits per heavy atom. The van der Waals surface area contributed by atoms with Crippen molar-refractivity contribution in [3.8, 4) is 0 Å². The minimum atomic E-state index is -0.798. The lowest BCUT2D eigenvalue weighted by Gasteiger charge is -2.45. The molecule has 1 atom stereocenters. The smallest absolute Gasteiger partial charge is 0.305 e. The van der Waals surface area contributed by atoms with Crippen LogP contribution in [-0.4, -0.2) is 47.6 Å². The van der Waals surface area contributed by atoms with E-state index in [0.717, 1.165) is 58.0 Å². The van der Waals surface area contributed by atoms with E-state index in [1.807, 2.05) is 7.05 Å². The second kappa shape index (κ2) is 6.57. The van der Waals surface area contributed by atoms with Crippen LogP contribution in [0.15, 0.2) is 0 Å². The van der Waals surface area contributed by atoms with Gasteiger partial charge in [0.1, 0.15) is 0 Å². The molecule has 1 heterocycles. The van der Waals surface area contributed by atoms with Crippen molar-refractivity contribution >= 4 is 11.9 Å². The fourth-order valence-electron chi connectivity index (χ4n) is 3.69. The van der Waals surface area contributed by atoms with Crippen molar-refractivity contribution in [2.24, 2.45) is 5.92 Å². The summed E-state index contributed by atoms with van der Waals surface area (Å²) in [7, 11) is 1.81. The first-order valence-electron chi connectivity index (χ1n) is 7.75. The second-order valence-corrected chi connectivity index (χ2v) is 6.30. The van der Waals surface area contributed by atoms with Gasteiger partial charge < -0.3 is 15.3 Å². The number of carbonyl (C=O) groups is 2. The van der Waals surface area contributed by atoms with Gasteiger partial charge >= 0.3 is 5.97 Å². The Balaban J connectivity index is 2.10. The number of rotatable bonds is 4. The van der Waals surface area contributed by atoms with Crippen LogP contribution in [0.3, 0.4) is 0 Å². The van der Waals surface area contributed by atoms with E-state index in [1.54, 1.807) is 4.90 Å². The molecule has 1 aliphatic heterocycles. The molecule has 0 aromatic rings. The topological polar surface area (TPSA) is 69.6 Å². The summed E-state index contributed by atoms with van der Waals surface area (Å²) >= 11 is 0. The highest BCUT2D eigenvalue weighted by Crippen LogP contribution is 2.37. The summed E-state index contributed by atoms with van der Waals surface area (Å²) in [5.41, 5.74) is -0.460. The van der Waals surface area contributed by atoms with E-state index >= 15 is 0 Å². The molecule has 2 rings (SSSR count). The average molecular weight is 282 g/mol. The summed E-state index contributed by atoms with van der Waals surface area (Å²) in [6.45, 7) is 1.71. The van der Waals surface area contributed by atoms with Gasteiger partial charge in [0.15, 0.2) is 0 Å². The molecule has 0 aromatic carbocycles. The standard InChI is InChI=1S/C15H26N2O3/c1-17(14(20)12-6-5-9-16-11-12)15(10-13(18)19)7-3-2-4-8-15/h12,16H,2-11H2,1H3,(H,18,19). The highest BCUT2D eigenvalue weighted by atomic mass is 16.4. The predicted octanol–water partition coefficient (Wildman–Crippen LogP) is 1.62. The fraction of sp³-hybridized carbons (Fsp3) is 0.867. The Labute approximate surface area is 120 Å². The van der Waals surface area contributed by atoms with E-state index in [1.165, 1.54) is 0 Å². The number of carbonyl (C=O) groups excluding carboxylic acids is 1. The number of piperidine rings is 1. The van der Waals surface area contributed by atoms with Crippen LogP contribution in [0.2, 0.25) is 0 Å². The first-order chi connectivity index (χ1) is 9.55. The van der Waals surface area contributed by atoms with Crippen molar-refractivity contribution in [3.05, 3.63) is 0 Å². The number of hydrogen-bond acceptors (Lipinski definition) is 3. The molecule has 114 valence electrons. The van der Waals surface area contributed by atoms with Crippen LogP contribution in [0.25, 0.3) is 0 Å². The molecule has 0 aromatic heterocycles. The van der Waals surface area contributed by atoms with Crippen molar-refractivity contribution in [2.45, 2.75) is 56.9 Å². The first-order valence-corrected chi connectivity index (χ1v) is 7.75. The summed E-state index contributed by atoms with van der Waals surface area (Å²) in [5.74, 6) is -0.657. The molecule has 20 heavy (non-hydrogen) atoms. The molecule has 5 nitrogen and oxygen atoms in total. The summed E-state index contributed by atoms with van der Waals surface area (Å²) in [6, 6.07) is 0. The molecule has 2 aliphatic rings. The van der Waals surface area contributed by atoms with Crippen LogP contribution in [-0.2, 0) is 9.59 Å². The maximum Gasteiger partial charge on any atom is 0.305 e. The normalized spacial score (nSPS) is 25.9. The monoisotopic (exact) mass is 282 g/mol. The molecule has 0 radical (unpaired) electrons. The van der Waals surface area contributed by atoms with Gasteiger partial charge in [-0.25, -0.2) is 0 Å². The highest BCUT2D eigenvalue weighted by Gasteiger charge is 2.42. The Bertz CT molecular complexity index is 358. The van der Waals surface area contributed by atoms with Gasteiger partial charge in [0.2, 0.25) is 5.91 Å². The Hall–Kier alpha value is -1.10. The average Bonchev–Trinajstić information content (AvgIpc) is 2.47. The van der Waals surface area contributed by atoms with Gasteiger partial charge in [-0.15, -0.1) is 0 Å². The number of hydrogen-bond donors (Lipinski definition) is 2. The predicted molar refractivity (Wildman–Crippen MR) is 76.4 cm³/mol. The third kappa shape index (κ3) is 3.32. The first kappa shape index (κ1) is 15.3. The van der Waals surface area contributed by atoms with E-state index in [4.69, 9.17) is 0 Å². The number of aliphatic carboxylic acids is 1. The fourth-order valence-corrected chi connectivity index (χ4v) is 3.69. The number of amides is 1. The molecule has 1 saturated heterocycles. The van der Waals surface area contributed by atoms with Crippen LogP contribution in [0.4, 0.5) is 0 Å². The van der Waals surface area contributed by atoms with Gasteiger partial charge in [0.05, 0.1) is 17.9 Å². The zero-order valence-corrected chi connectivity index (χ0v) is 12.4. The van der Waals surface area contributed by atoms with E-state index in [2.05, 4.69) is 5.32 Å². The zero-order chi connectivity index (χ0) is 14.6. The van der Waals surface area contributed by atoms with Crippen molar-refractivity contribution in [1.82, 2.24) is 10.2 Å². The Morgan fingerprint density at radius 2 is 1.95 bits per heavy atom. The molecule has 2 fully saturated rings. The molecular weight excluding hydrogens is 256 g/mol. The summed E-state index contributed by atoms with van der Waals surface area (Å²) < 4.78 is 0. The molecular formula is C15H26N2O3. The molecule has 5 heteroatoms. The van der Waals surface area contributed by atoms with Crippen LogP contribution in [0.5, 0.6) is 0 Å². The zero-order valence-electron chi connectivity index (χ0n) is 12.4. The number of nitrogens with zero attached hydrogens (tertiary/aromatic N) is 1. The third-order valence-corrected chi connectivity index (χ3v) is 4.95. The van der Waals surface area contributed by atoms with Gasteiger partial charge in [-0.2, -0.15) is 0 Å². The van der Waals surface area contributed by atoms with Crippen molar-refractivity contribution in [2.75, 3.05) is 20.1 Å². The molecule has 0 bridgehead atoms. The van der Waals surface area contributed by atoms with Crippen molar-refractivity contribution < 1.29 is 14.7 Å². The molecule has 1 aliphatic carbocycles. The number of carboxylic acids is 1. The third-order valence-electron chi connectivity index (χ3n) is 4.95. The SMILES string of the molecule is CN(C(=O)C1CCCNC1)C1(CC(=O)O)CCCCC1. The summed E-state index contributed by atoms with van der Waals surface area (Å²) in [4.78, 5) is 25.7. The maximum atomic E-state index is 12.7. The largest absolute Gasteiger partial charge is 0.481 e. The minimum absolute atomic E-state index is 0.0151. The molecule has 2 N–H and O–H groups in total.